The molecule has 0 heterocycles. The lowest BCUT2D eigenvalue weighted by Gasteiger charge is -2.29. The summed E-state index contributed by atoms with van der Waals surface area (Å²) in [6, 6.07) is 4.38. The number of ether oxygens (including phenoxy) is 1. The monoisotopic (exact) mass is 316 g/mol. The van der Waals surface area contributed by atoms with Crippen LogP contribution in [0.25, 0.3) is 0 Å². The molecule has 0 amide bonds. The van der Waals surface area contributed by atoms with Crippen LogP contribution in [0.15, 0.2) is 17.3 Å². The van der Waals surface area contributed by atoms with Gasteiger partial charge in [-0.3, -0.25) is 0 Å². The molecule has 1 unspecified atom stereocenters. The van der Waals surface area contributed by atoms with Crippen molar-refractivity contribution in [3.63, 3.8) is 0 Å². The molecule has 4 nitrogen and oxygen atoms in total. The number of rotatable bonds is 4. The Balaban J connectivity index is 1.83. The second-order valence-corrected chi connectivity index (χ2v) is 6.96. The first kappa shape index (κ1) is 16.3. The van der Waals surface area contributed by atoms with Crippen molar-refractivity contribution in [1.82, 2.24) is 0 Å². The number of hydrogen-bond acceptors (Lipinski definition) is 3. The molecule has 2 aliphatic carbocycles. The molecule has 0 aliphatic heterocycles. The molecule has 0 bridgehead atoms. The first-order valence-electron chi connectivity index (χ1n) is 8.71. The zero-order valence-electron chi connectivity index (χ0n) is 14.5. The second-order valence-electron chi connectivity index (χ2n) is 6.96. The predicted octanol–water partition coefficient (Wildman–Crippen LogP) is 3.93. The number of aryl methyl sites for hydroxylation is 2. The van der Waals surface area contributed by atoms with Crippen LogP contribution in [0.1, 0.15) is 66.9 Å². The molecule has 0 saturated heterocycles. The minimum atomic E-state index is -0.418. The number of amidine groups is 1. The summed E-state index contributed by atoms with van der Waals surface area (Å²) in [5.41, 5.74) is 11.2. The summed E-state index contributed by atoms with van der Waals surface area (Å²) < 4.78 is 5.68. The van der Waals surface area contributed by atoms with E-state index in [0.717, 1.165) is 44.9 Å². The van der Waals surface area contributed by atoms with Gasteiger partial charge in [0.2, 0.25) is 0 Å². The van der Waals surface area contributed by atoms with E-state index in [1.165, 1.54) is 22.3 Å². The van der Waals surface area contributed by atoms with Crippen molar-refractivity contribution in [1.29, 1.82) is 0 Å². The van der Waals surface area contributed by atoms with Crippen molar-refractivity contribution in [3.8, 4) is 0 Å². The van der Waals surface area contributed by atoms with Crippen LogP contribution in [0, 0.1) is 13.8 Å². The molecule has 1 atom stereocenters. The number of nitrogens with zero attached hydrogens (tertiary/aromatic N) is 1. The van der Waals surface area contributed by atoms with Gasteiger partial charge in [0, 0.05) is 12.7 Å². The normalized spacial score (nSPS) is 23.6. The Labute approximate surface area is 139 Å². The summed E-state index contributed by atoms with van der Waals surface area (Å²) in [6.45, 7) is 4.33. The molecule has 23 heavy (non-hydrogen) atoms. The van der Waals surface area contributed by atoms with E-state index in [4.69, 9.17) is 15.3 Å². The molecule has 126 valence electrons. The molecule has 2 N–H and O–H groups in total. The smallest absolute Gasteiger partial charge is 0.171 e. The molecule has 0 radical (unpaired) electrons. The number of benzene rings is 1. The van der Waals surface area contributed by atoms with Crippen molar-refractivity contribution in [3.05, 3.63) is 34.4 Å². The Bertz CT molecular complexity index is 604. The molecule has 1 saturated carbocycles. The van der Waals surface area contributed by atoms with Crippen molar-refractivity contribution in [2.75, 3.05) is 7.11 Å². The lowest BCUT2D eigenvalue weighted by atomic mass is 9.84. The Morgan fingerprint density at radius 1 is 1.17 bits per heavy atom. The third-order valence-electron chi connectivity index (χ3n) is 5.57. The third-order valence-corrected chi connectivity index (χ3v) is 5.57. The van der Waals surface area contributed by atoms with E-state index in [-0.39, 0.29) is 6.10 Å². The van der Waals surface area contributed by atoms with Gasteiger partial charge in [0.05, 0.1) is 0 Å². The van der Waals surface area contributed by atoms with Gasteiger partial charge in [-0.05, 0) is 75.5 Å². The quantitative estimate of drug-likeness (QED) is 0.520. The Hall–Kier alpha value is -1.55. The first-order chi connectivity index (χ1) is 11.1. The van der Waals surface area contributed by atoms with Crippen LogP contribution in [-0.4, -0.2) is 18.5 Å². The highest BCUT2D eigenvalue weighted by Crippen LogP contribution is 2.37. The lowest BCUT2D eigenvalue weighted by Crippen LogP contribution is -2.43. The number of fused-ring (bicyclic) bond motifs is 1. The largest absolute Gasteiger partial charge is 0.386 e. The van der Waals surface area contributed by atoms with Gasteiger partial charge in [-0.1, -0.05) is 17.3 Å². The van der Waals surface area contributed by atoms with Gasteiger partial charge in [0.15, 0.2) is 11.9 Å². The maximum absolute atomic E-state index is 6.23. The Morgan fingerprint density at radius 2 is 1.87 bits per heavy atom. The average Bonchev–Trinajstić information content (AvgIpc) is 3.06. The Kier molecular flexibility index (Phi) is 4.62. The molecule has 3 rings (SSSR count). The number of hydrogen-bond donors (Lipinski definition) is 1. The lowest BCUT2D eigenvalue weighted by molar-refractivity contribution is 0.0249. The van der Waals surface area contributed by atoms with Crippen LogP contribution >= 0.6 is 0 Å². The maximum atomic E-state index is 6.23. The molecule has 1 fully saturated rings. The third kappa shape index (κ3) is 2.97. The van der Waals surface area contributed by atoms with E-state index in [9.17, 15) is 0 Å². The fourth-order valence-corrected chi connectivity index (χ4v) is 4.10. The summed E-state index contributed by atoms with van der Waals surface area (Å²) >= 11 is 0. The predicted molar refractivity (Wildman–Crippen MR) is 92.5 cm³/mol. The molecular weight excluding hydrogens is 288 g/mol. The highest BCUT2D eigenvalue weighted by Gasteiger charge is 2.38. The SMILES string of the molecule is COC1(/C(N)=N/OC2CCCc3c(C)ccc(C)c32)CCCC1. The summed E-state index contributed by atoms with van der Waals surface area (Å²) in [5, 5.41) is 4.31. The van der Waals surface area contributed by atoms with Gasteiger partial charge in [-0.2, -0.15) is 0 Å². The van der Waals surface area contributed by atoms with E-state index < -0.39 is 5.60 Å². The van der Waals surface area contributed by atoms with Gasteiger partial charge < -0.3 is 15.3 Å². The first-order valence-corrected chi connectivity index (χ1v) is 8.71. The van der Waals surface area contributed by atoms with Crippen molar-refractivity contribution < 1.29 is 9.57 Å². The number of oxime groups is 1. The molecule has 4 heteroatoms. The van der Waals surface area contributed by atoms with Crippen molar-refractivity contribution >= 4 is 5.84 Å². The van der Waals surface area contributed by atoms with E-state index >= 15 is 0 Å². The van der Waals surface area contributed by atoms with E-state index in [1.54, 1.807) is 7.11 Å². The minimum Gasteiger partial charge on any atom is -0.386 e. The average molecular weight is 316 g/mol. The molecule has 0 spiro atoms. The fraction of sp³-hybridized carbons (Fsp3) is 0.632. The van der Waals surface area contributed by atoms with Gasteiger partial charge in [0.1, 0.15) is 5.60 Å². The van der Waals surface area contributed by atoms with E-state index in [0.29, 0.717) is 5.84 Å². The summed E-state index contributed by atoms with van der Waals surface area (Å²) in [4.78, 5) is 5.93. The van der Waals surface area contributed by atoms with E-state index in [2.05, 4.69) is 31.1 Å². The maximum Gasteiger partial charge on any atom is 0.171 e. The molecule has 0 aromatic heterocycles. The van der Waals surface area contributed by atoms with Gasteiger partial charge >= 0.3 is 0 Å². The van der Waals surface area contributed by atoms with Crippen LogP contribution in [0.3, 0.4) is 0 Å². The van der Waals surface area contributed by atoms with Crippen molar-refractivity contribution in [2.24, 2.45) is 10.9 Å². The highest BCUT2D eigenvalue weighted by molar-refractivity contribution is 5.88. The van der Waals surface area contributed by atoms with Crippen LogP contribution < -0.4 is 5.73 Å². The van der Waals surface area contributed by atoms with Gasteiger partial charge in [-0.25, -0.2) is 0 Å². The topological polar surface area (TPSA) is 56.8 Å². The van der Waals surface area contributed by atoms with Crippen LogP contribution in [0.4, 0.5) is 0 Å². The van der Waals surface area contributed by atoms with Gasteiger partial charge in [-0.15, -0.1) is 0 Å². The summed E-state index contributed by atoms with van der Waals surface area (Å²) in [7, 11) is 1.72. The molecule has 1 aromatic carbocycles. The van der Waals surface area contributed by atoms with Crippen LogP contribution in [-0.2, 0) is 16.0 Å². The summed E-state index contributed by atoms with van der Waals surface area (Å²) in [5.74, 6) is 0.495. The standard InChI is InChI=1S/C19H28N2O2/c1-13-9-10-14(2)17-15(13)7-6-8-16(17)23-21-18(20)19(22-3)11-4-5-12-19/h9-10,16H,4-8,11-12H2,1-3H3,(H2,20,21). The number of methoxy groups -OCH3 is 1. The van der Waals surface area contributed by atoms with Crippen LogP contribution in [0.5, 0.6) is 0 Å². The van der Waals surface area contributed by atoms with Crippen LogP contribution in [0.2, 0.25) is 0 Å². The van der Waals surface area contributed by atoms with Crippen molar-refractivity contribution in [2.45, 2.75) is 70.5 Å². The van der Waals surface area contributed by atoms with E-state index in [1.807, 2.05) is 0 Å². The fourth-order valence-electron chi connectivity index (χ4n) is 4.10. The minimum absolute atomic E-state index is 0.00695. The molecular formula is C19H28N2O2. The zero-order valence-corrected chi connectivity index (χ0v) is 14.5. The zero-order chi connectivity index (χ0) is 16.4. The molecule has 1 aromatic rings. The highest BCUT2D eigenvalue weighted by atomic mass is 16.6. The number of nitrogens with two attached hydrogens (primary N) is 1. The second kappa shape index (κ2) is 6.52. The Morgan fingerprint density at radius 3 is 2.57 bits per heavy atom. The summed E-state index contributed by atoms with van der Waals surface area (Å²) in [6.07, 6.45) is 7.39. The molecule has 2 aliphatic rings. The van der Waals surface area contributed by atoms with Gasteiger partial charge in [0.25, 0.3) is 0 Å².